The lowest BCUT2D eigenvalue weighted by Crippen LogP contribution is -2.55. The number of halogens is 1. The molecule has 5 heteroatoms. The van der Waals surface area contributed by atoms with Crippen LogP contribution in [0.5, 0.6) is 0 Å². The van der Waals surface area contributed by atoms with Crippen molar-refractivity contribution in [1.29, 1.82) is 0 Å². The van der Waals surface area contributed by atoms with Gasteiger partial charge >= 0.3 is 0 Å². The molecule has 0 aromatic carbocycles. The third-order valence-corrected chi connectivity index (χ3v) is 3.26. The maximum Gasteiger partial charge on any atom is 0.186 e. The van der Waals surface area contributed by atoms with Crippen molar-refractivity contribution >= 4 is 32.4 Å². The summed E-state index contributed by atoms with van der Waals surface area (Å²) < 4.78 is 0.915. The Bertz CT molecular complexity index is 256. The molecule has 2 heterocycles. The summed E-state index contributed by atoms with van der Waals surface area (Å²) >= 11 is 4.96. The normalized spacial score (nSPS) is 18.5. The van der Waals surface area contributed by atoms with Gasteiger partial charge in [0.05, 0.1) is 0 Å². The molecule has 1 aromatic rings. The van der Waals surface area contributed by atoms with Gasteiger partial charge in [0.15, 0.2) is 5.13 Å². The van der Waals surface area contributed by atoms with Crippen LogP contribution in [0.25, 0.3) is 0 Å². The third kappa shape index (κ3) is 1.40. The number of aromatic nitrogens is 1. The lowest BCUT2D eigenvalue weighted by atomic mass is 10.1. The average Bonchev–Trinajstić information content (AvgIpc) is 2.29. The highest BCUT2D eigenvalue weighted by Crippen LogP contribution is 2.26. The van der Waals surface area contributed by atoms with E-state index in [9.17, 15) is 0 Å². The van der Waals surface area contributed by atoms with Crippen molar-refractivity contribution in [2.24, 2.45) is 5.73 Å². The van der Waals surface area contributed by atoms with E-state index in [-0.39, 0.29) is 0 Å². The van der Waals surface area contributed by atoms with Gasteiger partial charge in [0.25, 0.3) is 0 Å². The molecule has 2 N–H and O–H groups in total. The van der Waals surface area contributed by atoms with Crippen molar-refractivity contribution in [1.82, 2.24) is 4.98 Å². The first-order valence-corrected chi connectivity index (χ1v) is 5.04. The van der Waals surface area contributed by atoms with E-state index in [1.807, 2.05) is 5.38 Å². The highest BCUT2D eigenvalue weighted by Gasteiger charge is 2.24. The summed E-state index contributed by atoms with van der Waals surface area (Å²) in [5.74, 6) is 0. The van der Waals surface area contributed by atoms with Crippen LogP contribution in [0.4, 0.5) is 5.13 Å². The third-order valence-electron chi connectivity index (χ3n) is 1.64. The molecule has 1 fully saturated rings. The summed E-state index contributed by atoms with van der Waals surface area (Å²) in [7, 11) is 0. The van der Waals surface area contributed by atoms with Crippen molar-refractivity contribution < 1.29 is 0 Å². The number of hydrogen-bond donors (Lipinski definition) is 1. The largest absolute Gasteiger partial charge is 0.345 e. The Morgan fingerprint density at radius 1 is 1.73 bits per heavy atom. The molecule has 0 amide bonds. The zero-order valence-corrected chi connectivity index (χ0v) is 8.23. The number of nitrogens with zero attached hydrogens (tertiary/aromatic N) is 2. The van der Waals surface area contributed by atoms with E-state index in [0.717, 1.165) is 22.8 Å². The van der Waals surface area contributed by atoms with Crippen LogP contribution in [0, 0.1) is 0 Å². The first-order valence-electron chi connectivity index (χ1n) is 3.37. The number of rotatable bonds is 1. The number of anilines is 1. The van der Waals surface area contributed by atoms with Crippen LogP contribution >= 0.6 is 27.3 Å². The molecule has 0 radical (unpaired) electrons. The lowest BCUT2D eigenvalue weighted by Gasteiger charge is -2.36. The summed E-state index contributed by atoms with van der Waals surface area (Å²) in [5.41, 5.74) is 5.64. The van der Waals surface area contributed by atoms with Crippen LogP contribution in [0.2, 0.25) is 0 Å². The fourth-order valence-corrected chi connectivity index (χ4v) is 2.33. The van der Waals surface area contributed by atoms with E-state index in [0.29, 0.717) is 6.04 Å². The molecule has 1 saturated heterocycles. The molecule has 3 nitrogen and oxygen atoms in total. The van der Waals surface area contributed by atoms with Gasteiger partial charge < -0.3 is 10.6 Å². The van der Waals surface area contributed by atoms with Crippen molar-refractivity contribution in [2.45, 2.75) is 6.04 Å². The molecule has 11 heavy (non-hydrogen) atoms. The molecule has 0 bridgehead atoms. The molecule has 1 aromatic heterocycles. The fourth-order valence-electron chi connectivity index (χ4n) is 1.06. The molecule has 0 saturated carbocycles. The van der Waals surface area contributed by atoms with E-state index in [1.165, 1.54) is 0 Å². The number of thiazole rings is 1. The van der Waals surface area contributed by atoms with Crippen LogP contribution < -0.4 is 10.6 Å². The van der Waals surface area contributed by atoms with Gasteiger partial charge in [-0.3, -0.25) is 0 Å². The second-order valence-electron chi connectivity index (χ2n) is 2.62. The van der Waals surface area contributed by atoms with Gasteiger partial charge in [0.1, 0.15) is 4.60 Å². The van der Waals surface area contributed by atoms with Gasteiger partial charge in [0.2, 0.25) is 0 Å². The maximum atomic E-state index is 5.64. The lowest BCUT2D eigenvalue weighted by molar-refractivity contribution is 0.518. The smallest absolute Gasteiger partial charge is 0.186 e. The summed E-state index contributed by atoms with van der Waals surface area (Å²) in [5, 5.41) is 3.05. The Hall–Kier alpha value is -0.130. The summed E-state index contributed by atoms with van der Waals surface area (Å²) in [6.07, 6.45) is 0. The standard InChI is InChI=1S/C6H8BrN3S/c7-5-3-11-6(9-5)10-1-4(8)2-10/h3-4H,1-2,8H2. The minimum atomic E-state index is 0.345. The maximum absolute atomic E-state index is 5.64. The van der Waals surface area contributed by atoms with Gasteiger partial charge in [-0.05, 0) is 15.9 Å². The second kappa shape index (κ2) is 2.73. The summed E-state index contributed by atoms with van der Waals surface area (Å²) in [6, 6.07) is 0.345. The van der Waals surface area contributed by atoms with Crippen molar-refractivity contribution in [3.63, 3.8) is 0 Å². The van der Waals surface area contributed by atoms with E-state index in [2.05, 4.69) is 25.8 Å². The van der Waals surface area contributed by atoms with E-state index >= 15 is 0 Å². The average molecular weight is 234 g/mol. The molecule has 1 aliphatic heterocycles. The first kappa shape index (κ1) is 7.52. The fraction of sp³-hybridized carbons (Fsp3) is 0.500. The molecule has 0 unspecified atom stereocenters. The van der Waals surface area contributed by atoms with Gasteiger partial charge in [-0.2, -0.15) is 0 Å². The first-order chi connectivity index (χ1) is 5.25. The zero-order chi connectivity index (χ0) is 7.84. The SMILES string of the molecule is NC1CN(c2nc(Br)cs2)C1. The molecule has 0 atom stereocenters. The molecule has 0 spiro atoms. The summed E-state index contributed by atoms with van der Waals surface area (Å²) in [4.78, 5) is 6.45. The van der Waals surface area contributed by atoms with E-state index < -0.39 is 0 Å². The van der Waals surface area contributed by atoms with Crippen molar-refractivity contribution in [3.8, 4) is 0 Å². The topological polar surface area (TPSA) is 42.1 Å². The van der Waals surface area contributed by atoms with Crippen molar-refractivity contribution in [2.75, 3.05) is 18.0 Å². The van der Waals surface area contributed by atoms with Crippen LogP contribution in [-0.2, 0) is 0 Å². The predicted molar refractivity (Wildman–Crippen MR) is 50.0 cm³/mol. The Morgan fingerprint density at radius 2 is 2.45 bits per heavy atom. The van der Waals surface area contributed by atoms with Crippen LogP contribution in [0.3, 0.4) is 0 Å². The Morgan fingerprint density at radius 3 is 2.91 bits per heavy atom. The van der Waals surface area contributed by atoms with Gasteiger partial charge in [0, 0.05) is 24.5 Å². The van der Waals surface area contributed by atoms with E-state index in [1.54, 1.807) is 11.3 Å². The second-order valence-corrected chi connectivity index (χ2v) is 4.27. The molecule has 1 aliphatic rings. The Labute approximate surface area is 77.3 Å². The molecule has 2 rings (SSSR count). The molecular weight excluding hydrogens is 226 g/mol. The quantitative estimate of drug-likeness (QED) is 0.789. The van der Waals surface area contributed by atoms with E-state index in [4.69, 9.17) is 5.73 Å². The highest BCUT2D eigenvalue weighted by molar-refractivity contribution is 9.10. The van der Waals surface area contributed by atoms with Gasteiger partial charge in [-0.1, -0.05) is 0 Å². The van der Waals surface area contributed by atoms with Gasteiger partial charge in [-0.15, -0.1) is 11.3 Å². The Kier molecular flexibility index (Phi) is 1.86. The monoisotopic (exact) mass is 233 g/mol. The van der Waals surface area contributed by atoms with Crippen LogP contribution in [0.15, 0.2) is 9.98 Å². The van der Waals surface area contributed by atoms with Gasteiger partial charge in [-0.25, -0.2) is 4.98 Å². The van der Waals surface area contributed by atoms with Crippen LogP contribution in [-0.4, -0.2) is 24.1 Å². The van der Waals surface area contributed by atoms with Crippen molar-refractivity contribution in [3.05, 3.63) is 9.98 Å². The summed E-state index contributed by atoms with van der Waals surface area (Å²) in [6.45, 7) is 1.89. The molecule has 60 valence electrons. The predicted octanol–water partition coefficient (Wildman–Crippen LogP) is 1.05. The number of hydrogen-bond acceptors (Lipinski definition) is 4. The Balaban J connectivity index is 2.07. The molecule has 0 aliphatic carbocycles. The highest BCUT2D eigenvalue weighted by atomic mass is 79.9. The zero-order valence-electron chi connectivity index (χ0n) is 5.83. The minimum Gasteiger partial charge on any atom is -0.345 e. The van der Waals surface area contributed by atoms with Crippen LogP contribution in [0.1, 0.15) is 0 Å². The minimum absolute atomic E-state index is 0.345. The number of nitrogens with two attached hydrogens (primary N) is 1. The molecular formula is C6H8BrN3S.